The molecule has 2 atom stereocenters. The van der Waals surface area contributed by atoms with Crippen LogP contribution in [-0.2, 0) is 9.59 Å². The van der Waals surface area contributed by atoms with Crippen molar-refractivity contribution in [1.82, 2.24) is 5.32 Å². The molecule has 1 aliphatic rings. The largest absolute Gasteiger partial charge is 0.497 e. The van der Waals surface area contributed by atoms with Crippen LogP contribution in [0.25, 0.3) is 0 Å². The number of carboxylic acid groups (broad SMARTS) is 1. The van der Waals surface area contributed by atoms with Crippen LogP contribution in [-0.4, -0.2) is 24.1 Å². The summed E-state index contributed by atoms with van der Waals surface area (Å²) in [6.07, 6.45) is 3.74. The van der Waals surface area contributed by atoms with Crippen molar-refractivity contribution in [2.45, 2.75) is 45.6 Å². The lowest BCUT2D eigenvalue weighted by Gasteiger charge is -2.34. The van der Waals surface area contributed by atoms with E-state index in [0.717, 1.165) is 25.7 Å². The smallest absolute Gasteiger partial charge is 0.330 e. The normalized spacial score (nSPS) is 21.3. The molecule has 126 valence electrons. The van der Waals surface area contributed by atoms with Crippen LogP contribution in [0, 0.1) is 11.3 Å². The summed E-state index contributed by atoms with van der Waals surface area (Å²) in [7, 11) is 1.55. The molecule has 5 heteroatoms. The first-order chi connectivity index (χ1) is 10.8. The van der Waals surface area contributed by atoms with E-state index in [0.29, 0.717) is 11.3 Å². The Morgan fingerprint density at radius 1 is 1.30 bits per heavy atom. The van der Waals surface area contributed by atoms with Crippen molar-refractivity contribution in [2.75, 3.05) is 7.11 Å². The molecule has 1 aromatic carbocycles. The average Bonchev–Trinajstić information content (AvgIpc) is 2.51. The molecule has 1 saturated carbocycles. The number of carbonyl (C=O) groups excluding carboxylic acids is 1. The molecular formula is C18H25NO4. The summed E-state index contributed by atoms with van der Waals surface area (Å²) in [4.78, 5) is 24.1. The number of methoxy groups -OCH3 is 1. The van der Waals surface area contributed by atoms with Crippen molar-refractivity contribution in [1.29, 1.82) is 0 Å². The van der Waals surface area contributed by atoms with Gasteiger partial charge in [0, 0.05) is 5.92 Å². The van der Waals surface area contributed by atoms with Crippen molar-refractivity contribution in [3.63, 3.8) is 0 Å². The number of nitrogens with one attached hydrogen (secondary N) is 1. The van der Waals surface area contributed by atoms with Gasteiger partial charge in [0.05, 0.1) is 7.11 Å². The second kappa shape index (κ2) is 7.02. The number of carboxylic acids is 1. The van der Waals surface area contributed by atoms with Gasteiger partial charge in [-0.2, -0.15) is 0 Å². The third kappa shape index (κ3) is 4.47. The van der Waals surface area contributed by atoms with Gasteiger partial charge in [-0.3, -0.25) is 4.79 Å². The van der Waals surface area contributed by atoms with Gasteiger partial charge >= 0.3 is 5.97 Å². The molecular weight excluding hydrogens is 294 g/mol. The van der Waals surface area contributed by atoms with Crippen molar-refractivity contribution in [3.05, 3.63) is 29.8 Å². The summed E-state index contributed by atoms with van der Waals surface area (Å²) >= 11 is 0. The average molecular weight is 319 g/mol. The zero-order valence-electron chi connectivity index (χ0n) is 14.0. The third-order valence-electron chi connectivity index (χ3n) is 4.56. The Hall–Kier alpha value is -2.04. The Bertz CT molecular complexity index is 565. The van der Waals surface area contributed by atoms with E-state index in [1.54, 1.807) is 31.4 Å². The minimum atomic E-state index is -1.06. The molecule has 2 N–H and O–H groups in total. The third-order valence-corrected chi connectivity index (χ3v) is 4.56. The molecule has 2 rings (SSSR count). The van der Waals surface area contributed by atoms with Crippen LogP contribution in [0.15, 0.2) is 24.3 Å². The van der Waals surface area contributed by atoms with Crippen molar-refractivity contribution < 1.29 is 19.4 Å². The van der Waals surface area contributed by atoms with Crippen LogP contribution in [0.3, 0.4) is 0 Å². The molecule has 1 amide bonds. The van der Waals surface area contributed by atoms with E-state index >= 15 is 0 Å². The number of hydrogen-bond acceptors (Lipinski definition) is 3. The van der Waals surface area contributed by atoms with Crippen LogP contribution in [0.5, 0.6) is 5.75 Å². The van der Waals surface area contributed by atoms with Crippen molar-refractivity contribution in [3.8, 4) is 5.75 Å². The lowest BCUT2D eigenvalue weighted by Crippen LogP contribution is -2.40. The van der Waals surface area contributed by atoms with Crippen molar-refractivity contribution in [2.24, 2.45) is 11.3 Å². The number of ether oxygens (including phenoxy) is 1. The topological polar surface area (TPSA) is 75.6 Å². The Balaban J connectivity index is 2.09. The maximum atomic E-state index is 12.5. The second-order valence-corrected chi connectivity index (χ2v) is 7.01. The maximum Gasteiger partial charge on any atom is 0.330 e. The molecule has 0 saturated heterocycles. The van der Waals surface area contributed by atoms with Gasteiger partial charge in [-0.05, 0) is 42.4 Å². The van der Waals surface area contributed by atoms with Crippen LogP contribution in [0.1, 0.15) is 51.1 Å². The summed E-state index contributed by atoms with van der Waals surface area (Å²) in [5, 5.41) is 12.2. The van der Waals surface area contributed by atoms with Gasteiger partial charge in [-0.25, -0.2) is 4.79 Å². The molecule has 5 nitrogen and oxygen atoms in total. The predicted molar refractivity (Wildman–Crippen MR) is 87.3 cm³/mol. The fraction of sp³-hybridized carbons (Fsp3) is 0.556. The number of aliphatic carboxylic acids is 1. The molecule has 1 aromatic rings. The van der Waals surface area contributed by atoms with E-state index in [2.05, 4.69) is 19.2 Å². The molecule has 1 aliphatic carbocycles. The minimum absolute atomic E-state index is 0.112. The van der Waals surface area contributed by atoms with Gasteiger partial charge in [0.2, 0.25) is 5.91 Å². The van der Waals surface area contributed by atoms with E-state index in [9.17, 15) is 14.7 Å². The molecule has 2 unspecified atom stereocenters. The highest BCUT2D eigenvalue weighted by molar-refractivity contribution is 5.86. The van der Waals surface area contributed by atoms with Crippen LogP contribution >= 0.6 is 0 Å². The summed E-state index contributed by atoms with van der Waals surface area (Å²) in [5.41, 5.74) is 0.681. The van der Waals surface area contributed by atoms with Gasteiger partial charge in [-0.1, -0.05) is 32.4 Å². The number of hydrogen-bond donors (Lipinski definition) is 2. The Morgan fingerprint density at radius 3 is 2.48 bits per heavy atom. The standard InChI is InChI=1S/C18H25NO4/c1-18(2)10-4-5-13(11-18)16(20)19-15(17(21)22)12-6-8-14(23-3)9-7-12/h6-9,13,15H,4-5,10-11H2,1-3H3,(H,19,20)(H,21,22). The molecule has 0 aromatic heterocycles. The summed E-state index contributed by atoms with van der Waals surface area (Å²) in [5.74, 6) is -0.684. The maximum absolute atomic E-state index is 12.5. The summed E-state index contributed by atoms with van der Waals surface area (Å²) in [6, 6.07) is 5.70. The van der Waals surface area contributed by atoms with E-state index in [-0.39, 0.29) is 17.2 Å². The Morgan fingerprint density at radius 2 is 1.96 bits per heavy atom. The molecule has 23 heavy (non-hydrogen) atoms. The summed E-state index contributed by atoms with van der Waals surface area (Å²) < 4.78 is 5.07. The highest BCUT2D eigenvalue weighted by atomic mass is 16.5. The molecule has 0 bridgehead atoms. The fourth-order valence-electron chi connectivity index (χ4n) is 3.27. The molecule has 0 aliphatic heterocycles. The second-order valence-electron chi connectivity index (χ2n) is 7.01. The fourth-order valence-corrected chi connectivity index (χ4v) is 3.27. The monoisotopic (exact) mass is 319 g/mol. The molecule has 1 fully saturated rings. The first-order valence-corrected chi connectivity index (χ1v) is 7.99. The van der Waals surface area contributed by atoms with E-state index < -0.39 is 12.0 Å². The SMILES string of the molecule is COc1ccc(C(NC(=O)C2CCCC(C)(C)C2)C(=O)O)cc1. The highest BCUT2D eigenvalue weighted by Gasteiger charge is 2.34. The zero-order valence-corrected chi connectivity index (χ0v) is 14.0. The van der Waals surface area contributed by atoms with Crippen molar-refractivity contribution >= 4 is 11.9 Å². The minimum Gasteiger partial charge on any atom is -0.497 e. The first-order valence-electron chi connectivity index (χ1n) is 7.99. The zero-order chi connectivity index (χ0) is 17.0. The van der Waals surface area contributed by atoms with E-state index in [4.69, 9.17) is 4.74 Å². The first kappa shape index (κ1) is 17.3. The van der Waals surface area contributed by atoms with E-state index in [1.807, 2.05) is 0 Å². The predicted octanol–water partition coefficient (Wildman–Crippen LogP) is 3.15. The number of benzene rings is 1. The number of carbonyl (C=O) groups is 2. The van der Waals surface area contributed by atoms with E-state index in [1.165, 1.54) is 0 Å². The highest BCUT2D eigenvalue weighted by Crippen LogP contribution is 2.38. The van der Waals surface area contributed by atoms with Gasteiger partial charge in [0.25, 0.3) is 0 Å². The van der Waals surface area contributed by atoms with Gasteiger partial charge < -0.3 is 15.2 Å². The lowest BCUT2D eigenvalue weighted by molar-refractivity contribution is -0.143. The van der Waals surface area contributed by atoms with Crippen LogP contribution < -0.4 is 10.1 Å². The van der Waals surface area contributed by atoms with Crippen LogP contribution in [0.2, 0.25) is 0 Å². The van der Waals surface area contributed by atoms with Gasteiger partial charge in [0.1, 0.15) is 5.75 Å². The summed E-state index contributed by atoms with van der Waals surface area (Å²) in [6.45, 7) is 4.31. The number of amides is 1. The Kier molecular flexibility index (Phi) is 5.29. The quantitative estimate of drug-likeness (QED) is 0.874. The lowest BCUT2D eigenvalue weighted by atomic mass is 9.72. The molecule has 0 heterocycles. The molecule has 0 spiro atoms. The number of rotatable bonds is 5. The Labute approximate surface area is 137 Å². The van der Waals surface area contributed by atoms with Gasteiger partial charge in [0.15, 0.2) is 6.04 Å². The van der Waals surface area contributed by atoms with Gasteiger partial charge in [-0.15, -0.1) is 0 Å². The molecule has 0 radical (unpaired) electrons. The van der Waals surface area contributed by atoms with Crippen LogP contribution in [0.4, 0.5) is 0 Å².